The third-order valence-corrected chi connectivity index (χ3v) is 4.89. The molecule has 0 radical (unpaired) electrons. The number of rotatable bonds is 7. The number of methoxy groups -OCH3 is 1. The Balaban J connectivity index is 1.89. The van der Waals surface area contributed by atoms with Crippen LogP contribution in [0.4, 0.5) is 19.3 Å². The van der Waals surface area contributed by atoms with Gasteiger partial charge in [0.1, 0.15) is 5.75 Å². The molecule has 0 aliphatic heterocycles. The summed E-state index contributed by atoms with van der Waals surface area (Å²) in [7, 11) is -3.14. The van der Waals surface area contributed by atoms with Crippen molar-refractivity contribution in [2.75, 3.05) is 19.0 Å². The molecule has 6 nitrogen and oxygen atoms in total. The average molecular weight is 384 g/mol. The highest BCUT2D eigenvalue weighted by Crippen LogP contribution is 2.21. The molecule has 9 heteroatoms. The molecule has 26 heavy (non-hydrogen) atoms. The maximum atomic E-state index is 12.6. The second-order valence-corrected chi connectivity index (χ2v) is 7.23. The summed E-state index contributed by atoms with van der Waals surface area (Å²) in [6.45, 7) is 0.340. The summed E-state index contributed by atoms with van der Waals surface area (Å²) in [4.78, 5) is 11.3. The molecule has 0 saturated heterocycles. The minimum Gasteiger partial charge on any atom is -0.497 e. The summed E-state index contributed by atoms with van der Waals surface area (Å²) < 4.78 is 53.1. The van der Waals surface area contributed by atoms with Gasteiger partial charge in [-0.15, -0.1) is 0 Å². The third kappa shape index (κ3) is 5.16. The molecule has 0 aliphatic rings. The van der Waals surface area contributed by atoms with Crippen molar-refractivity contribution in [2.45, 2.75) is 17.1 Å². The fourth-order valence-electron chi connectivity index (χ4n) is 2.14. The fraction of sp³-hybridized carbons (Fsp3) is 0.235. The Morgan fingerprint density at radius 2 is 1.85 bits per heavy atom. The highest BCUT2D eigenvalue weighted by atomic mass is 32.2. The standard InChI is InChI=1S/C17H18F2N2O4S/c1-25-14-7-5-12(6-8-14)9-10-20-17(22)21-13-3-2-4-15(11-13)26(23,24)16(18)19/h2-8,11,16H,9-10H2,1H3,(H2,20,21,22). The van der Waals surface area contributed by atoms with Crippen LogP contribution >= 0.6 is 0 Å². The van der Waals surface area contributed by atoms with Crippen molar-refractivity contribution in [1.82, 2.24) is 5.32 Å². The van der Waals surface area contributed by atoms with Gasteiger partial charge in [-0.3, -0.25) is 0 Å². The molecule has 2 amide bonds. The zero-order valence-corrected chi connectivity index (χ0v) is 14.7. The molecule has 2 aromatic carbocycles. The van der Waals surface area contributed by atoms with Crippen LogP contribution in [0.2, 0.25) is 0 Å². The SMILES string of the molecule is COc1ccc(CCNC(=O)Nc2cccc(S(=O)(=O)C(F)F)c2)cc1. The average Bonchev–Trinajstić information content (AvgIpc) is 2.62. The highest BCUT2D eigenvalue weighted by Gasteiger charge is 2.26. The molecule has 0 aromatic heterocycles. The van der Waals surface area contributed by atoms with Crippen molar-refractivity contribution in [3.8, 4) is 5.75 Å². The molecule has 0 bridgehead atoms. The largest absolute Gasteiger partial charge is 0.497 e. The predicted molar refractivity (Wildman–Crippen MR) is 93.4 cm³/mol. The number of halogens is 2. The Kier molecular flexibility index (Phi) is 6.51. The van der Waals surface area contributed by atoms with E-state index in [-0.39, 0.29) is 5.69 Å². The van der Waals surface area contributed by atoms with E-state index in [1.54, 1.807) is 7.11 Å². The van der Waals surface area contributed by atoms with Crippen LogP contribution in [-0.2, 0) is 16.3 Å². The smallest absolute Gasteiger partial charge is 0.341 e. The van der Waals surface area contributed by atoms with Crippen LogP contribution in [0, 0.1) is 0 Å². The van der Waals surface area contributed by atoms with E-state index in [1.807, 2.05) is 24.3 Å². The number of carbonyl (C=O) groups is 1. The van der Waals surface area contributed by atoms with E-state index in [0.29, 0.717) is 13.0 Å². The summed E-state index contributed by atoms with van der Waals surface area (Å²) in [5.41, 5.74) is 1.10. The lowest BCUT2D eigenvalue weighted by molar-refractivity contribution is 0.235. The Labute approximate surface area is 150 Å². The first-order valence-electron chi connectivity index (χ1n) is 7.63. The number of benzene rings is 2. The number of nitrogens with one attached hydrogen (secondary N) is 2. The topological polar surface area (TPSA) is 84.5 Å². The van der Waals surface area contributed by atoms with Gasteiger partial charge >= 0.3 is 11.8 Å². The number of urea groups is 1. The summed E-state index contributed by atoms with van der Waals surface area (Å²) in [6, 6.07) is 11.5. The number of carbonyl (C=O) groups excluding carboxylic acids is 1. The van der Waals surface area contributed by atoms with Crippen LogP contribution in [0.5, 0.6) is 5.75 Å². The quantitative estimate of drug-likeness (QED) is 0.768. The van der Waals surface area contributed by atoms with Gasteiger partial charge in [0.15, 0.2) is 0 Å². The van der Waals surface area contributed by atoms with Gasteiger partial charge in [0.2, 0.25) is 9.84 Å². The zero-order chi connectivity index (χ0) is 19.2. The summed E-state index contributed by atoms with van der Waals surface area (Å²) in [5, 5.41) is 5.03. The minimum absolute atomic E-state index is 0.105. The second-order valence-electron chi connectivity index (χ2n) is 5.31. The van der Waals surface area contributed by atoms with Gasteiger partial charge in [0.05, 0.1) is 12.0 Å². The Morgan fingerprint density at radius 3 is 2.46 bits per heavy atom. The fourth-order valence-corrected chi connectivity index (χ4v) is 2.91. The number of hydrogen-bond acceptors (Lipinski definition) is 4. The van der Waals surface area contributed by atoms with Gasteiger partial charge in [0, 0.05) is 12.2 Å². The molecule has 2 aromatic rings. The second kappa shape index (κ2) is 8.61. The summed E-state index contributed by atoms with van der Waals surface area (Å²) in [5.74, 6) is -2.78. The molecule has 0 fully saturated rings. The number of alkyl halides is 2. The van der Waals surface area contributed by atoms with Crippen LogP contribution < -0.4 is 15.4 Å². The molecule has 2 N–H and O–H groups in total. The lowest BCUT2D eigenvalue weighted by atomic mass is 10.1. The number of ether oxygens (including phenoxy) is 1. The van der Waals surface area contributed by atoms with E-state index >= 15 is 0 Å². The van der Waals surface area contributed by atoms with Crippen molar-refractivity contribution in [1.29, 1.82) is 0 Å². The third-order valence-electron chi connectivity index (χ3n) is 3.51. The maximum absolute atomic E-state index is 12.6. The minimum atomic E-state index is -4.71. The summed E-state index contributed by atoms with van der Waals surface area (Å²) >= 11 is 0. The molecule has 0 atom stereocenters. The number of hydrogen-bond donors (Lipinski definition) is 2. The van der Waals surface area contributed by atoms with Crippen LogP contribution in [0.3, 0.4) is 0 Å². The zero-order valence-electron chi connectivity index (χ0n) is 13.9. The van der Waals surface area contributed by atoms with Gasteiger partial charge < -0.3 is 15.4 Å². The van der Waals surface area contributed by atoms with E-state index < -0.39 is 26.5 Å². The maximum Gasteiger partial charge on any atom is 0.341 e. The van der Waals surface area contributed by atoms with Crippen LogP contribution in [-0.4, -0.2) is 33.9 Å². The van der Waals surface area contributed by atoms with E-state index in [2.05, 4.69) is 10.6 Å². The molecule has 0 saturated carbocycles. The van der Waals surface area contributed by atoms with Gasteiger partial charge in [-0.25, -0.2) is 13.2 Å². The number of amides is 2. The van der Waals surface area contributed by atoms with E-state index in [0.717, 1.165) is 23.4 Å². The van der Waals surface area contributed by atoms with Gasteiger partial charge in [0.25, 0.3) is 0 Å². The number of anilines is 1. The predicted octanol–water partition coefficient (Wildman–Crippen LogP) is 3.06. The van der Waals surface area contributed by atoms with Crippen molar-refractivity contribution < 1.29 is 26.7 Å². The molecule has 140 valence electrons. The molecule has 0 unspecified atom stereocenters. The highest BCUT2D eigenvalue weighted by molar-refractivity contribution is 7.91. The van der Waals surface area contributed by atoms with Gasteiger partial charge in [-0.1, -0.05) is 18.2 Å². The Bertz CT molecular complexity index is 855. The van der Waals surface area contributed by atoms with Crippen LogP contribution in [0.1, 0.15) is 5.56 Å². The van der Waals surface area contributed by atoms with E-state index in [9.17, 15) is 22.0 Å². The molecule has 0 spiro atoms. The lowest BCUT2D eigenvalue weighted by Crippen LogP contribution is -2.30. The number of sulfone groups is 1. The van der Waals surface area contributed by atoms with Crippen molar-refractivity contribution in [2.24, 2.45) is 0 Å². The molecule has 0 aliphatic carbocycles. The van der Waals surface area contributed by atoms with Crippen LogP contribution in [0.25, 0.3) is 0 Å². The molecule has 0 heterocycles. The van der Waals surface area contributed by atoms with Crippen molar-refractivity contribution in [3.63, 3.8) is 0 Å². The van der Waals surface area contributed by atoms with Crippen molar-refractivity contribution in [3.05, 3.63) is 54.1 Å². The molecular weight excluding hydrogens is 366 g/mol. The Morgan fingerprint density at radius 1 is 1.15 bits per heavy atom. The molecule has 2 rings (SSSR count). The normalized spacial score (nSPS) is 11.2. The first-order valence-corrected chi connectivity index (χ1v) is 9.17. The molecular formula is C17H18F2N2O4S. The first-order chi connectivity index (χ1) is 12.3. The van der Waals surface area contributed by atoms with Gasteiger partial charge in [-0.05, 0) is 42.3 Å². The van der Waals surface area contributed by atoms with Gasteiger partial charge in [-0.2, -0.15) is 8.78 Å². The van der Waals surface area contributed by atoms with Crippen LogP contribution in [0.15, 0.2) is 53.4 Å². The van der Waals surface area contributed by atoms with E-state index in [4.69, 9.17) is 4.74 Å². The first kappa shape index (κ1) is 19.6. The Hall–Kier alpha value is -2.68. The summed E-state index contributed by atoms with van der Waals surface area (Å²) in [6.07, 6.45) is 0.581. The van der Waals surface area contributed by atoms with Crippen molar-refractivity contribution >= 4 is 21.6 Å². The monoisotopic (exact) mass is 384 g/mol. The van der Waals surface area contributed by atoms with E-state index in [1.165, 1.54) is 12.1 Å². The lowest BCUT2D eigenvalue weighted by Gasteiger charge is -2.09.